The minimum absolute atomic E-state index is 0.187. The van der Waals surface area contributed by atoms with E-state index in [-0.39, 0.29) is 11.8 Å². The predicted molar refractivity (Wildman–Crippen MR) is 103 cm³/mol. The average molecular weight is 363 g/mol. The molecule has 1 N–H and O–H groups in total. The van der Waals surface area contributed by atoms with Gasteiger partial charge in [-0.1, -0.05) is 36.9 Å². The lowest BCUT2D eigenvalue weighted by Crippen LogP contribution is -2.44. The van der Waals surface area contributed by atoms with Crippen molar-refractivity contribution in [1.29, 1.82) is 0 Å². The molecule has 0 fully saturated rings. The highest BCUT2D eigenvalue weighted by atomic mass is 32.1. The van der Waals surface area contributed by atoms with Crippen molar-refractivity contribution < 1.29 is 9.59 Å². The van der Waals surface area contributed by atoms with Gasteiger partial charge in [0, 0.05) is 16.8 Å². The van der Waals surface area contributed by atoms with Crippen LogP contribution in [0, 0.1) is 0 Å². The van der Waals surface area contributed by atoms with E-state index in [1.165, 1.54) is 4.90 Å². The van der Waals surface area contributed by atoms with Gasteiger partial charge in [-0.3, -0.25) is 14.5 Å². The number of aromatic nitrogens is 1. The van der Waals surface area contributed by atoms with Gasteiger partial charge < -0.3 is 5.32 Å². The lowest BCUT2D eigenvalue weighted by molar-refractivity contribution is -0.124. The minimum atomic E-state index is -0.642. The number of para-hydroxylation sites is 1. The fourth-order valence-corrected chi connectivity index (χ4v) is 4.04. The Morgan fingerprint density at radius 3 is 2.62 bits per heavy atom. The number of hydrogen-bond donors (Lipinski definition) is 1. The van der Waals surface area contributed by atoms with Gasteiger partial charge in [-0.15, -0.1) is 11.3 Å². The first-order valence-corrected chi connectivity index (χ1v) is 9.12. The summed E-state index contributed by atoms with van der Waals surface area (Å²) >= 11 is 1.55. The molecule has 0 saturated heterocycles. The second kappa shape index (κ2) is 6.38. The van der Waals surface area contributed by atoms with Gasteiger partial charge in [0.2, 0.25) is 5.91 Å². The highest BCUT2D eigenvalue weighted by molar-refractivity contribution is 7.18. The maximum absolute atomic E-state index is 12.6. The summed E-state index contributed by atoms with van der Waals surface area (Å²) in [7, 11) is 0. The van der Waals surface area contributed by atoms with E-state index < -0.39 is 6.04 Å². The summed E-state index contributed by atoms with van der Waals surface area (Å²) in [5.41, 5.74) is 2.85. The lowest BCUT2D eigenvalue weighted by atomic mass is 10.1. The Morgan fingerprint density at radius 1 is 1.19 bits per heavy atom. The van der Waals surface area contributed by atoms with Crippen LogP contribution in [0.2, 0.25) is 0 Å². The fraction of sp³-hybridized carbons (Fsp3) is 0.150. The van der Waals surface area contributed by atoms with Gasteiger partial charge in [0.1, 0.15) is 11.0 Å². The third-order valence-corrected chi connectivity index (χ3v) is 5.53. The number of nitrogens with one attached hydrogen (secondary N) is 1. The predicted octanol–water partition coefficient (Wildman–Crippen LogP) is 3.43. The molecule has 26 heavy (non-hydrogen) atoms. The summed E-state index contributed by atoms with van der Waals surface area (Å²) < 4.78 is 1.09. The number of thiazole rings is 1. The normalized spacial score (nSPS) is 14.6. The van der Waals surface area contributed by atoms with Crippen molar-refractivity contribution in [2.45, 2.75) is 19.5 Å². The van der Waals surface area contributed by atoms with Gasteiger partial charge in [0.05, 0.1) is 16.8 Å². The second-order valence-electron chi connectivity index (χ2n) is 6.14. The molecule has 0 bridgehead atoms. The summed E-state index contributed by atoms with van der Waals surface area (Å²) in [6, 6.07) is 14.5. The summed E-state index contributed by atoms with van der Waals surface area (Å²) in [6.45, 7) is 6.04. The van der Waals surface area contributed by atoms with Crippen LogP contribution < -0.4 is 5.32 Å². The Labute approximate surface area is 155 Å². The largest absolute Gasteiger partial charge is 0.348 e. The second-order valence-corrected chi connectivity index (χ2v) is 7.25. The quantitative estimate of drug-likeness (QED) is 0.772. The minimum Gasteiger partial charge on any atom is -0.348 e. The number of benzene rings is 2. The zero-order chi connectivity index (χ0) is 18.3. The third-order valence-electron chi connectivity index (χ3n) is 4.50. The number of amides is 2. The number of carbonyl (C=O) groups is 2. The van der Waals surface area contributed by atoms with Crippen LogP contribution in [0.5, 0.6) is 0 Å². The highest BCUT2D eigenvalue weighted by Crippen LogP contribution is 2.32. The topological polar surface area (TPSA) is 62.3 Å². The van der Waals surface area contributed by atoms with Crippen LogP contribution in [-0.4, -0.2) is 27.7 Å². The number of nitrogens with zero attached hydrogens (tertiary/aromatic N) is 2. The monoisotopic (exact) mass is 363 g/mol. The van der Waals surface area contributed by atoms with Crippen LogP contribution in [0.25, 0.3) is 15.9 Å². The van der Waals surface area contributed by atoms with E-state index in [9.17, 15) is 9.59 Å². The standard InChI is InChI=1S/C20H17N3O2S/c1-12-14-7-3-4-8-15(14)20(25)23(12)13(2)19(24)21-11-18-22-16-9-5-6-10-17(16)26-18/h3-10,13H,1,11H2,2H3,(H,21,24). The number of rotatable bonds is 4. The molecule has 0 saturated carbocycles. The molecule has 1 aromatic heterocycles. The van der Waals surface area contributed by atoms with Crippen LogP contribution in [0.1, 0.15) is 27.9 Å². The van der Waals surface area contributed by atoms with Crippen LogP contribution in [0.15, 0.2) is 55.1 Å². The third kappa shape index (κ3) is 2.68. The Bertz CT molecular complexity index is 972. The van der Waals surface area contributed by atoms with Crippen LogP contribution in [0.3, 0.4) is 0 Å². The molecule has 1 aliphatic rings. The Kier molecular flexibility index (Phi) is 4.05. The first-order chi connectivity index (χ1) is 12.6. The molecule has 0 spiro atoms. The zero-order valence-electron chi connectivity index (χ0n) is 14.2. The molecule has 0 radical (unpaired) electrons. The van der Waals surface area contributed by atoms with E-state index in [0.717, 1.165) is 20.8 Å². The molecule has 2 aromatic carbocycles. The zero-order valence-corrected chi connectivity index (χ0v) is 15.0. The number of carbonyl (C=O) groups excluding carboxylic acids is 2. The van der Waals surface area contributed by atoms with Gasteiger partial charge in [-0.25, -0.2) is 4.98 Å². The van der Waals surface area contributed by atoms with Gasteiger partial charge >= 0.3 is 0 Å². The molecule has 1 unspecified atom stereocenters. The SMILES string of the molecule is C=C1c2ccccc2C(=O)N1C(C)C(=O)NCc1nc2ccccc2s1. The molecule has 2 amide bonds. The molecule has 6 heteroatoms. The summed E-state index contributed by atoms with van der Waals surface area (Å²) in [5.74, 6) is -0.417. The van der Waals surface area contributed by atoms with Gasteiger partial charge in [0.15, 0.2) is 0 Å². The van der Waals surface area contributed by atoms with E-state index in [1.807, 2.05) is 42.5 Å². The van der Waals surface area contributed by atoms with Crippen LogP contribution in [0.4, 0.5) is 0 Å². The van der Waals surface area contributed by atoms with Crippen LogP contribution in [-0.2, 0) is 11.3 Å². The molecule has 1 atom stereocenters. The van der Waals surface area contributed by atoms with E-state index in [0.29, 0.717) is 17.8 Å². The van der Waals surface area contributed by atoms with Crippen molar-refractivity contribution >= 4 is 39.1 Å². The molecule has 0 aliphatic carbocycles. The molecule has 1 aliphatic heterocycles. The highest BCUT2D eigenvalue weighted by Gasteiger charge is 2.36. The Balaban J connectivity index is 1.47. The van der Waals surface area contributed by atoms with Crippen molar-refractivity contribution in [2.75, 3.05) is 0 Å². The van der Waals surface area contributed by atoms with Crippen molar-refractivity contribution in [3.05, 3.63) is 71.2 Å². The summed E-state index contributed by atoms with van der Waals surface area (Å²) in [4.78, 5) is 31.2. The van der Waals surface area contributed by atoms with E-state index >= 15 is 0 Å². The van der Waals surface area contributed by atoms with Crippen molar-refractivity contribution in [2.24, 2.45) is 0 Å². The summed E-state index contributed by atoms with van der Waals surface area (Å²) in [6.07, 6.45) is 0. The molecule has 3 aromatic rings. The lowest BCUT2D eigenvalue weighted by Gasteiger charge is -2.24. The van der Waals surface area contributed by atoms with E-state index in [2.05, 4.69) is 16.9 Å². The fourth-order valence-electron chi connectivity index (χ4n) is 3.14. The summed E-state index contributed by atoms with van der Waals surface area (Å²) in [5, 5.41) is 3.71. The Morgan fingerprint density at radius 2 is 1.88 bits per heavy atom. The van der Waals surface area contributed by atoms with Crippen molar-refractivity contribution in [1.82, 2.24) is 15.2 Å². The smallest absolute Gasteiger partial charge is 0.259 e. The first kappa shape index (κ1) is 16.5. The van der Waals surface area contributed by atoms with Gasteiger partial charge in [-0.05, 0) is 25.1 Å². The maximum Gasteiger partial charge on any atom is 0.259 e. The maximum atomic E-state index is 12.6. The number of fused-ring (bicyclic) bond motifs is 2. The molecule has 4 rings (SSSR count). The molecule has 130 valence electrons. The van der Waals surface area contributed by atoms with Gasteiger partial charge in [-0.2, -0.15) is 0 Å². The van der Waals surface area contributed by atoms with E-state index in [4.69, 9.17) is 0 Å². The molecule has 2 heterocycles. The van der Waals surface area contributed by atoms with Gasteiger partial charge in [0.25, 0.3) is 5.91 Å². The molecular weight excluding hydrogens is 346 g/mol. The number of hydrogen-bond acceptors (Lipinski definition) is 4. The Hall–Kier alpha value is -2.99. The molecular formula is C20H17N3O2S. The van der Waals surface area contributed by atoms with E-state index in [1.54, 1.807) is 24.3 Å². The average Bonchev–Trinajstić information content (AvgIpc) is 3.18. The van der Waals surface area contributed by atoms with Crippen molar-refractivity contribution in [3.63, 3.8) is 0 Å². The first-order valence-electron chi connectivity index (χ1n) is 8.30. The van der Waals surface area contributed by atoms with Crippen molar-refractivity contribution in [3.8, 4) is 0 Å². The van der Waals surface area contributed by atoms with Crippen LogP contribution >= 0.6 is 11.3 Å². The molecule has 5 nitrogen and oxygen atoms in total.